The smallest absolute Gasteiger partial charge is 0.271 e. The van der Waals surface area contributed by atoms with Gasteiger partial charge in [-0.1, -0.05) is 6.07 Å². The lowest BCUT2D eigenvalue weighted by molar-refractivity contribution is -0.384. The summed E-state index contributed by atoms with van der Waals surface area (Å²) >= 11 is 0. The van der Waals surface area contributed by atoms with Crippen LogP contribution in [0.3, 0.4) is 0 Å². The highest BCUT2D eigenvalue weighted by Gasteiger charge is 2.24. The van der Waals surface area contributed by atoms with Crippen LogP contribution in [0.5, 0.6) is 11.5 Å². The van der Waals surface area contributed by atoms with Gasteiger partial charge in [0.25, 0.3) is 5.69 Å². The van der Waals surface area contributed by atoms with Crippen molar-refractivity contribution in [3.8, 4) is 11.5 Å². The molecule has 0 spiro atoms. The third-order valence-electron chi connectivity index (χ3n) is 4.16. The molecule has 0 unspecified atom stereocenters. The number of carbonyl (C=O) groups is 1. The van der Waals surface area contributed by atoms with Gasteiger partial charge in [0.05, 0.1) is 25.4 Å². The number of sulfonamides is 1. The molecule has 0 aliphatic rings. The first-order valence-corrected chi connectivity index (χ1v) is 10.7. The summed E-state index contributed by atoms with van der Waals surface area (Å²) in [6, 6.07) is 10.5. The molecular formula is C19H23N3O7S. The summed E-state index contributed by atoms with van der Waals surface area (Å²) in [6.07, 6.45) is 1.22. The van der Waals surface area contributed by atoms with E-state index in [1.165, 1.54) is 26.4 Å². The van der Waals surface area contributed by atoms with Crippen molar-refractivity contribution in [2.45, 2.75) is 12.8 Å². The molecule has 0 bridgehead atoms. The van der Waals surface area contributed by atoms with Crippen LogP contribution >= 0.6 is 0 Å². The van der Waals surface area contributed by atoms with Crippen molar-refractivity contribution in [1.29, 1.82) is 0 Å². The van der Waals surface area contributed by atoms with Gasteiger partial charge in [0.1, 0.15) is 17.2 Å². The van der Waals surface area contributed by atoms with Gasteiger partial charge in [-0.05, 0) is 24.6 Å². The number of ether oxygens (including phenoxy) is 2. The molecule has 2 aromatic rings. The molecule has 11 heteroatoms. The summed E-state index contributed by atoms with van der Waals surface area (Å²) in [7, 11) is -0.920. The summed E-state index contributed by atoms with van der Waals surface area (Å²) in [4.78, 5) is 22.7. The zero-order valence-corrected chi connectivity index (χ0v) is 17.6. The van der Waals surface area contributed by atoms with Gasteiger partial charge in [0.15, 0.2) is 0 Å². The predicted octanol–water partition coefficient (Wildman–Crippen LogP) is 2.80. The number of methoxy groups -OCH3 is 2. The molecule has 30 heavy (non-hydrogen) atoms. The van der Waals surface area contributed by atoms with Crippen molar-refractivity contribution in [3.63, 3.8) is 0 Å². The molecule has 2 aromatic carbocycles. The van der Waals surface area contributed by atoms with E-state index in [1.54, 1.807) is 24.3 Å². The van der Waals surface area contributed by atoms with Crippen LogP contribution in [0.25, 0.3) is 0 Å². The molecular weight excluding hydrogens is 414 g/mol. The van der Waals surface area contributed by atoms with Crippen LogP contribution in [-0.4, -0.2) is 46.3 Å². The monoisotopic (exact) mass is 437 g/mol. The van der Waals surface area contributed by atoms with E-state index in [1.807, 2.05) is 0 Å². The predicted molar refractivity (Wildman–Crippen MR) is 113 cm³/mol. The molecule has 1 amide bonds. The number of nitrogens with one attached hydrogen (secondary N) is 1. The van der Waals surface area contributed by atoms with E-state index in [2.05, 4.69) is 5.32 Å². The number of anilines is 2. The van der Waals surface area contributed by atoms with Crippen LogP contribution in [0.1, 0.15) is 12.8 Å². The number of rotatable bonds is 10. The second kappa shape index (κ2) is 9.92. The lowest BCUT2D eigenvalue weighted by Gasteiger charge is -2.24. The van der Waals surface area contributed by atoms with Crippen molar-refractivity contribution in [3.05, 3.63) is 52.6 Å². The Morgan fingerprint density at radius 2 is 1.90 bits per heavy atom. The second-order valence-electron chi connectivity index (χ2n) is 6.33. The summed E-state index contributed by atoms with van der Waals surface area (Å²) < 4.78 is 35.9. The zero-order chi connectivity index (χ0) is 22.3. The van der Waals surface area contributed by atoms with Crippen molar-refractivity contribution >= 4 is 33.0 Å². The van der Waals surface area contributed by atoms with Crippen LogP contribution in [-0.2, 0) is 14.8 Å². The van der Waals surface area contributed by atoms with E-state index < -0.39 is 14.9 Å². The Balaban J connectivity index is 2.12. The number of nitro benzene ring substituents is 1. The average molecular weight is 437 g/mol. The second-order valence-corrected chi connectivity index (χ2v) is 8.24. The maximum Gasteiger partial charge on any atom is 0.271 e. The Hall–Kier alpha value is -3.34. The lowest BCUT2D eigenvalue weighted by Crippen LogP contribution is -2.32. The Kier molecular flexibility index (Phi) is 7.59. The molecule has 0 radical (unpaired) electrons. The van der Waals surface area contributed by atoms with Crippen molar-refractivity contribution in [1.82, 2.24) is 0 Å². The third-order valence-corrected chi connectivity index (χ3v) is 5.34. The number of nitro groups is 1. The van der Waals surface area contributed by atoms with Gasteiger partial charge in [-0.15, -0.1) is 0 Å². The SMILES string of the molecule is COc1cccc(NC(=O)CCCN(c2cc([N+](=O)[O-])ccc2OC)S(C)(=O)=O)c1. The van der Waals surface area contributed by atoms with E-state index in [9.17, 15) is 23.3 Å². The van der Waals surface area contributed by atoms with Gasteiger partial charge in [-0.2, -0.15) is 0 Å². The van der Waals surface area contributed by atoms with Crippen LogP contribution in [0.15, 0.2) is 42.5 Å². The van der Waals surface area contributed by atoms with Crippen LogP contribution in [0.2, 0.25) is 0 Å². The number of carbonyl (C=O) groups excluding carboxylic acids is 1. The summed E-state index contributed by atoms with van der Waals surface area (Å²) in [5.41, 5.74) is 0.331. The highest BCUT2D eigenvalue weighted by molar-refractivity contribution is 7.92. The van der Waals surface area contributed by atoms with Gasteiger partial charge in [0.2, 0.25) is 15.9 Å². The maximum absolute atomic E-state index is 12.3. The minimum absolute atomic E-state index is 0.0421. The van der Waals surface area contributed by atoms with Crippen LogP contribution in [0, 0.1) is 10.1 Å². The van der Waals surface area contributed by atoms with Crippen molar-refractivity contribution in [2.75, 3.05) is 36.6 Å². The molecule has 1 N–H and O–H groups in total. The van der Waals surface area contributed by atoms with Crippen molar-refractivity contribution < 1.29 is 27.6 Å². The average Bonchev–Trinajstić information content (AvgIpc) is 2.70. The normalized spacial score (nSPS) is 10.9. The van der Waals surface area contributed by atoms with Crippen LogP contribution < -0.4 is 19.1 Å². The van der Waals surface area contributed by atoms with Crippen LogP contribution in [0.4, 0.5) is 17.1 Å². The fourth-order valence-corrected chi connectivity index (χ4v) is 3.72. The molecule has 10 nitrogen and oxygen atoms in total. The van der Waals surface area contributed by atoms with Gasteiger partial charge in [-0.25, -0.2) is 8.42 Å². The molecule has 0 aliphatic heterocycles. The first kappa shape index (κ1) is 22.9. The molecule has 0 heterocycles. The molecule has 0 aliphatic carbocycles. The fraction of sp³-hybridized carbons (Fsp3) is 0.316. The Morgan fingerprint density at radius 3 is 2.50 bits per heavy atom. The Bertz CT molecular complexity index is 1020. The highest BCUT2D eigenvalue weighted by Crippen LogP contribution is 2.33. The van der Waals surface area contributed by atoms with Gasteiger partial charge < -0.3 is 14.8 Å². The topological polar surface area (TPSA) is 128 Å². The first-order valence-electron chi connectivity index (χ1n) is 8.89. The summed E-state index contributed by atoms with van der Waals surface area (Å²) in [5, 5.41) is 13.8. The minimum atomic E-state index is -3.78. The van der Waals surface area contributed by atoms with E-state index in [-0.39, 0.29) is 42.4 Å². The van der Waals surface area contributed by atoms with Gasteiger partial charge in [-0.3, -0.25) is 19.2 Å². The molecule has 0 saturated carbocycles. The number of hydrogen-bond acceptors (Lipinski definition) is 7. The van der Waals surface area contributed by atoms with E-state index in [4.69, 9.17) is 9.47 Å². The largest absolute Gasteiger partial charge is 0.497 e. The van der Waals surface area contributed by atoms with Crippen molar-refractivity contribution in [2.24, 2.45) is 0 Å². The number of nitrogens with zero attached hydrogens (tertiary/aromatic N) is 2. The minimum Gasteiger partial charge on any atom is -0.497 e. The molecule has 0 aromatic heterocycles. The zero-order valence-electron chi connectivity index (χ0n) is 16.8. The summed E-state index contributed by atoms with van der Waals surface area (Å²) in [5.74, 6) is 0.461. The number of amides is 1. The third kappa shape index (κ3) is 6.08. The molecule has 0 saturated heterocycles. The molecule has 162 valence electrons. The number of benzene rings is 2. The van der Waals surface area contributed by atoms with Gasteiger partial charge in [0, 0.05) is 36.9 Å². The Morgan fingerprint density at radius 1 is 1.17 bits per heavy atom. The van der Waals surface area contributed by atoms with E-state index in [0.29, 0.717) is 11.4 Å². The standard InChI is InChI=1S/C19H23N3O7S/c1-28-16-7-4-6-14(12-16)20-19(23)8-5-11-21(30(3,26)27)17-13-15(22(24)25)9-10-18(17)29-2/h4,6-7,9-10,12-13H,5,8,11H2,1-3H3,(H,20,23). The number of non-ortho nitro benzene ring substituents is 1. The molecule has 2 rings (SSSR count). The van der Waals surface area contributed by atoms with E-state index >= 15 is 0 Å². The maximum atomic E-state index is 12.3. The molecule has 0 fully saturated rings. The highest BCUT2D eigenvalue weighted by atomic mass is 32.2. The summed E-state index contributed by atoms with van der Waals surface area (Å²) in [6.45, 7) is -0.0537. The molecule has 0 atom stereocenters. The van der Waals surface area contributed by atoms with E-state index in [0.717, 1.165) is 16.6 Å². The number of hydrogen-bond donors (Lipinski definition) is 1. The first-order chi connectivity index (χ1) is 14.2. The Labute approximate surface area is 174 Å². The fourth-order valence-electron chi connectivity index (χ4n) is 2.76. The lowest BCUT2D eigenvalue weighted by atomic mass is 10.2. The van der Waals surface area contributed by atoms with Gasteiger partial charge >= 0.3 is 0 Å². The quantitative estimate of drug-likeness (QED) is 0.447.